The maximum absolute atomic E-state index is 12.6. The van der Waals surface area contributed by atoms with Gasteiger partial charge >= 0.3 is 0 Å². The Morgan fingerprint density at radius 3 is 2.39 bits per heavy atom. The van der Waals surface area contributed by atoms with E-state index in [0.717, 1.165) is 18.3 Å². The molecule has 1 N–H and O–H groups in total. The molecule has 4 saturated carbocycles. The lowest BCUT2D eigenvalue weighted by Gasteiger charge is -2.50. The van der Waals surface area contributed by atoms with Gasteiger partial charge in [0.15, 0.2) is 11.5 Å². The van der Waals surface area contributed by atoms with Gasteiger partial charge in [-0.1, -0.05) is 13.8 Å². The summed E-state index contributed by atoms with van der Waals surface area (Å²) in [6.45, 7) is 4.97. The SMILES string of the molecule is COc1cc(C(=O)NN=C2C3CC4CC(C3)CC2C4)ccc1OCCC(C)C. The highest BCUT2D eigenvalue weighted by Gasteiger charge is 2.46. The summed E-state index contributed by atoms with van der Waals surface area (Å²) in [5.74, 6) is 4.61. The van der Waals surface area contributed by atoms with Crippen LogP contribution in [0.5, 0.6) is 11.5 Å². The maximum atomic E-state index is 12.6. The van der Waals surface area contributed by atoms with Crippen molar-refractivity contribution in [3.63, 3.8) is 0 Å². The minimum atomic E-state index is -0.187. The van der Waals surface area contributed by atoms with Crippen molar-refractivity contribution in [3.05, 3.63) is 23.8 Å². The number of carbonyl (C=O) groups is 1. The van der Waals surface area contributed by atoms with Crippen LogP contribution in [-0.2, 0) is 0 Å². The fraction of sp³-hybridized carbons (Fsp3) is 0.652. The lowest BCUT2D eigenvalue weighted by molar-refractivity contribution is 0.0942. The topological polar surface area (TPSA) is 59.9 Å². The third-order valence-corrected chi connectivity index (χ3v) is 6.64. The molecule has 0 aromatic heterocycles. The van der Waals surface area contributed by atoms with Gasteiger partial charge in [-0.15, -0.1) is 0 Å². The van der Waals surface area contributed by atoms with Gasteiger partial charge in [-0.3, -0.25) is 4.79 Å². The summed E-state index contributed by atoms with van der Waals surface area (Å²) in [6.07, 6.45) is 7.44. The first-order valence-electron chi connectivity index (χ1n) is 10.7. The first-order chi connectivity index (χ1) is 13.5. The van der Waals surface area contributed by atoms with Gasteiger partial charge in [0.1, 0.15) is 0 Å². The second kappa shape index (κ2) is 8.14. The Labute approximate surface area is 167 Å². The van der Waals surface area contributed by atoms with Gasteiger partial charge in [-0.2, -0.15) is 5.10 Å². The Morgan fingerprint density at radius 1 is 1.11 bits per heavy atom. The van der Waals surface area contributed by atoms with Gasteiger partial charge in [-0.05, 0) is 86.3 Å². The van der Waals surface area contributed by atoms with E-state index in [1.807, 2.05) is 6.07 Å². The van der Waals surface area contributed by atoms with Crippen molar-refractivity contribution in [1.82, 2.24) is 5.43 Å². The van der Waals surface area contributed by atoms with E-state index in [1.165, 1.54) is 37.8 Å². The number of nitrogens with one attached hydrogen (secondary N) is 1. The van der Waals surface area contributed by atoms with E-state index in [9.17, 15) is 4.79 Å². The predicted molar refractivity (Wildman–Crippen MR) is 110 cm³/mol. The Morgan fingerprint density at radius 2 is 1.79 bits per heavy atom. The van der Waals surface area contributed by atoms with E-state index in [-0.39, 0.29) is 5.91 Å². The molecule has 5 heteroatoms. The smallest absolute Gasteiger partial charge is 0.271 e. The number of methoxy groups -OCH3 is 1. The fourth-order valence-corrected chi connectivity index (χ4v) is 5.36. The molecule has 5 rings (SSSR count). The Hall–Kier alpha value is -2.04. The Balaban J connectivity index is 1.40. The molecular formula is C23H32N2O3. The van der Waals surface area contributed by atoms with Gasteiger partial charge in [0, 0.05) is 11.3 Å². The van der Waals surface area contributed by atoms with Crippen LogP contribution in [0.3, 0.4) is 0 Å². The van der Waals surface area contributed by atoms with Crippen LogP contribution < -0.4 is 14.9 Å². The molecule has 0 spiro atoms. The van der Waals surface area contributed by atoms with Crippen LogP contribution in [0.25, 0.3) is 0 Å². The van der Waals surface area contributed by atoms with E-state index in [2.05, 4.69) is 24.4 Å². The van der Waals surface area contributed by atoms with Gasteiger partial charge in [0.25, 0.3) is 5.91 Å². The van der Waals surface area contributed by atoms with E-state index in [1.54, 1.807) is 19.2 Å². The van der Waals surface area contributed by atoms with E-state index < -0.39 is 0 Å². The van der Waals surface area contributed by atoms with Gasteiger partial charge in [0.05, 0.1) is 13.7 Å². The summed E-state index contributed by atoms with van der Waals surface area (Å²) in [5, 5.41) is 4.59. The third kappa shape index (κ3) is 4.03. The highest BCUT2D eigenvalue weighted by atomic mass is 16.5. The molecule has 1 aromatic rings. The standard InChI is InChI=1S/C23H32N2O3/c1-14(2)6-7-28-20-5-4-17(13-21(20)27-3)23(26)25-24-22-18-9-15-8-16(11-18)12-19(22)10-15/h4-5,13-16,18-19H,6-12H2,1-3H3,(H,25,26). The van der Waals surface area contributed by atoms with Crippen molar-refractivity contribution in [2.45, 2.75) is 52.4 Å². The minimum Gasteiger partial charge on any atom is -0.493 e. The molecule has 0 saturated heterocycles. The Kier molecular flexibility index (Phi) is 5.61. The van der Waals surface area contributed by atoms with E-state index >= 15 is 0 Å². The number of benzene rings is 1. The molecule has 4 aliphatic rings. The lowest BCUT2D eigenvalue weighted by Crippen LogP contribution is -2.46. The zero-order valence-corrected chi connectivity index (χ0v) is 17.2. The molecule has 4 fully saturated rings. The quantitative estimate of drug-likeness (QED) is 0.696. The second-order valence-corrected chi connectivity index (χ2v) is 9.18. The fourth-order valence-electron chi connectivity index (χ4n) is 5.36. The molecule has 0 aliphatic heterocycles. The zero-order chi connectivity index (χ0) is 19.7. The largest absolute Gasteiger partial charge is 0.493 e. The lowest BCUT2D eigenvalue weighted by atomic mass is 9.55. The minimum absolute atomic E-state index is 0.187. The number of rotatable bonds is 7. The molecule has 4 bridgehead atoms. The monoisotopic (exact) mass is 384 g/mol. The van der Waals surface area contributed by atoms with Crippen LogP contribution in [0.15, 0.2) is 23.3 Å². The van der Waals surface area contributed by atoms with Crippen LogP contribution in [-0.4, -0.2) is 25.3 Å². The van der Waals surface area contributed by atoms with Crippen LogP contribution in [0.1, 0.15) is 62.7 Å². The van der Waals surface area contributed by atoms with Gasteiger partial charge in [-0.25, -0.2) is 5.43 Å². The van der Waals surface area contributed by atoms with Crippen molar-refractivity contribution in [1.29, 1.82) is 0 Å². The van der Waals surface area contributed by atoms with E-state index in [4.69, 9.17) is 9.47 Å². The molecular weight excluding hydrogens is 352 g/mol. The molecule has 5 nitrogen and oxygen atoms in total. The van der Waals surface area contributed by atoms with Crippen LogP contribution in [0, 0.1) is 29.6 Å². The number of hydrazone groups is 1. The zero-order valence-electron chi connectivity index (χ0n) is 17.2. The van der Waals surface area contributed by atoms with Crippen molar-refractivity contribution in [3.8, 4) is 11.5 Å². The first kappa shape index (κ1) is 19.3. The molecule has 0 atom stereocenters. The third-order valence-electron chi connectivity index (χ3n) is 6.64. The molecule has 1 amide bonds. The summed E-state index contributed by atoms with van der Waals surface area (Å²) in [6, 6.07) is 5.32. The van der Waals surface area contributed by atoms with E-state index in [0.29, 0.717) is 41.4 Å². The molecule has 0 unspecified atom stereocenters. The number of hydrogen-bond donors (Lipinski definition) is 1. The van der Waals surface area contributed by atoms with Crippen molar-refractivity contribution >= 4 is 11.6 Å². The highest BCUT2D eigenvalue weighted by Crippen LogP contribution is 2.52. The van der Waals surface area contributed by atoms with Crippen molar-refractivity contribution < 1.29 is 14.3 Å². The summed E-state index contributed by atoms with van der Waals surface area (Å²) < 4.78 is 11.2. The second-order valence-electron chi connectivity index (χ2n) is 9.18. The summed E-state index contributed by atoms with van der Waals surface area (Å²) in [7, 11) is 1.60. The van der Waals surface area contributed by atoms with Crippen molar-refractivity contribution in [2.24, 2.45) is 34.7 Å². The van der Waals surface area contributed by atoms with Crippen molar-refractivity contribution in [2.75, 3.05) is 13.7 Å². The molecule has 4 aliphatic carbocycles. The Bertz CT molecular complexity index is 726. The molecule has 28 heavy (non-hydrogen) atoms. The van der Waals surface area contributed by atoms with Gasteiger partial charge in [0.2, 0.25) is 0 Å². The number of ether oxygens (including phenoxy) is 2. The average Bonchev–Trinajstić information content (AvgIpc) is 2.66. The highest BCUT2D eigenvalue weighted by molar-refractivity contribution is 5.97. The maximum Gasteiger partial charge on any atom is 0.271 e. The summed E-state index contributed by atoms with van der Waals surface area (Å²) >= 11 is 0. The predicted octanol–water partition coefficient (Wildman–Crippen LogP) is 4.66. The normalized spacial score (nSPS) is 27.8. The summed E-state index contributed by atoms with van der Waals surface area (Å²) in [4.78, 5) is 12.6. The summed E-state index contributed by atoms with van der Waals surface area (Å²) in [5.41, 5.74) is 4.59. The molecule has 0 heterocycles. The number of carbonyl (C=O) groups excluding carboxylic acids is 1. The number of hydrogen-bond acceptors (Lipinski definition) is 4. The number of amides is 1. The van der Waals surface area contributed by atoms with Gasteiger partial charge < -0.3 is 9.47 Å². The number of nitrogens with zero attached hydrogens (tertiary/aromatic N) is 1. The van der Waals surface area contributed by atoms with Crippen LogP contribution >= 0.6 is 0 Å². The molecule has 1 aromatic carbocycles. The average molecular weight is 385 g/mol. The first-order valence-corrected chi connectivity index (χ1v) is 10.7. The molecule has 0 radical (unpaired) electrons. The van der Waals surface area contributed by atoms with Crippen LogP contribution in [0.4, 0.5) is 0 Å². The molecule has 152 valence electrons. The van der Waals surface area contributed by atoms with Crippen LogP contribution in [0.2, 0.25) is 0 Å².